The van der Waals surface area contributed by atoms with Crippen LogP contribution in [-0.4, -0.2) is 28.1 Å². The van der Waals surface area contributed by atoms with Crippen LogP contribution < -0.4 is 0 Å². The van der Waals surface area contributed by atoms with E-state index >= 15 is 0 Å². The van der Waals surface area contributed by atoms with Crippen molar-refractivity contribution in [3.63, 3.8) is 0 Å². The highest BCUT2D eigenvalue weighted by molar-refractivity contribution is 7.72. The summed E-state index contributed by atoms with van der Waals surface area (Å²) in [5, 5.41) is 7.49. The predicted molar refractivity (Wildman–Crippen MR) is 73.2 cm³/mol. The Kier molecular flexibility index (Phi) is 5.70. The lowest BCUT2D eigenvalue weighted by Crippen LogP contribution is -2.28. The maximum atomic E-state index is 12.2. The molecule has 9 heteroatoms. The van der Waals surface area contributed by atoms with Gasteiger partial charge in [0.1, 0.15) is 0 Å². The molecule has 0 aromatic heterocycles. The summed E-state index contributed by atoms with van der Waals surface area (Å²) in [6, 6.07) is 7.01. The van der Waals surface area contributed by atoms with Gasteiger partial charge in [-0.1, -0.05) is 30.3 Å². The Labute approximate surface area is 117 Å². The SMILES string of the molecule is CCOP(=O)(O)C(O)(c1ccccc1)P(=O)(O)OCC. The van der Waals surface area contributed by atoms with E-state index < -0.39 is 20.3 Å². The normalized spacial score (nSPS) is 20.6. The minimum Gasteiger partial charge on any atom is -0.364 e. The van der Waals surface area contributed by atoms with Crippen LogP contribution in [0.4, 0.5) is 0 Å². The zero-order chi connectivity index (χ0) is 15.4. The number of aliphatic hydroxyl groups is 1. The number of hydrogen-bond donors (Lipinski definition) is 3. The van der Waals surface area contributed by atoms with Gasteiger partial charge in [0.05, 0.1) is 13.2 Å². The quantitative estimate of drug-likeness (QED) is 0.659. The topological polar surface area (TPSA) is 113 Å². The molecule has 0 radical (unpaired) electrons. The summed E-state index contributed by atoms with van der Waals surface area (Å²) in [6.45, 7) is 2.43. The first kappa shape index (κ1) is 17.5. The largest absolute Gasteiger partial charge is 0.376 e. The highest BCUT2D eigenvalue weighted by Crippen LogP contribution is 2.76. The van der Waals surface area contributed by atoms with Crippen molar-refractivity contribution in [1.82, 2.24) is 0 Å². The molecule has 0 saturated heterocycles. The fourth-order valence-electron chi connectivity index (χ4n) is 1.68. The molecule has 0 heterocycles. The number of rotatable bonds is 7. The van der Waals surface area contributed by atoms with Crippen LogP contribution in [0, 0.1) is 0 Å². The van der Waals surface area contributed by atoms with Gasteiger partial charge < -0.3 is 23.9 Å². The maximum absolute atomic E-state index is 12.2. The number of benzene rings is 1. The summed E-state index contributed by atoms with van der Waals surface area (Å²) < 4.78 is 33.7. The molecule has 0 bridgehead atoms. The molecule has 0 amide bonds. The highest BCUT2D eigenvalue weighted by atomic mass is 31.2. The molecule has 20 heavy (non-hydrogen) atoms. The molecule has 1 aromatic rings. The fraction of sp³-hybridized carbons (Fsp3) is 0.455. The van der Waals surface area contributed by atoms with E-state index in [0.29, 0.717) is 0 Å². The van der Waals surface area contributed by atoms with Crippen molar-refractivity contribution >= 4 is 15.2 Å². The molecule has 2 unspecified atom stereocenters. The van der Waals surface area contributed by atoms with Crippen LogP contribution in [0.25, 0.3) is 0 Å². The van der Waals surface area contributed by atoms with Gasteiger partial charge in [-0.2, -0.15) is 0 Å². The summed E-state index contributed by atoms with van der Waals surface area (Å²) in [5.74, 6) is 0. The van der Waals surface area contributed by atoms with E-state index in [-0.39, 0.29) is 18.8 Å². The Hall–Kier alpha value is -0.520. The zero-order valence-electron chi connectivity index (χ0n) is 11.2. The first-order valence-electron chi connectivity index (χ1n) is 5.95. The molecule has 0 aliphatic rings. The van der Waals surface area contributed by atoms with Crippen LogP contribution in [-0.2, 0) is 23.3 Å². The Morgan fingerprint density at radius 1 is 1.00 bits per heavy atom. The maximum Gasteiger partial charge on any atom is 0.376 e. The van der Waals surface area contributed by atoms with Gasteiger partial charge in [-0.15, -0.1) is 0 Å². The van der Waals surface area contributed by atoms with Crippen molar-refractivity contribution in [3.05, 3.63) is 35.9 Å². The average Bonchev–Trinajstić information content (AvgIpc) is 2.38. The molecule has 7 nitrogen and oxygen atoms in total. The standard InChI is InChI=1S/C11H18O7P2/c1-3-17-19(13,14)11(12,20(15,16)18-4-2)10-8-6-5-7-9-10/h5-9,12H,3-4H2,1-2H3,(H,13,14)(H,15,16). The predicted octanol–water partition coefficient (Wildman–Crippen LogP) is 2.23. The summed E-state index contributed by atoms with van der Waals surface area (Å²) in [4.78, 5) is 19.8. The molecule has 114 valence electrons. The van der Waals surface area contributed by atoms with Gasteiger partial charge in [-0.25, -0.2) is 0 Å². The van der Waals surface area contributed by atoms with Crippen LogP contribution >= 0.6 is 15.2 Å². The van der Waals surface area contributed by atoms with E-state index in [4.69, 9.17) is 0 Å². The Bertz CT molecular complexity index is 505. The molecule has 1 rings (SSSR count). The van der Waals surface area contributed by atoms with E-state index in [1.807, 2.05) is 0 Å². The Balaban J connectivity index is 3.50. The first-order chi connectivity index (χ1) is 9.23. The van der Waals surface area contributed by atoms with E-state index in [1.165, 1.54) is 38.1 Å². The third-order valence-electron chi connectivity index (χ3n) is 2.56. The van der Waals surface area contributed by atoms with Crippen LogP contribution in [0.1, 0.15) is 19.4 Å². The van der Waals surface area contributed by atoms with Crippen molar-refractivity contribution < 1.29 is 33.1 Å². The second-order valence-corrected chi connectivity index (χ2v) is 8.12. The molecule has 0 spiro atoms. The monoisotopic (exact) mass is 324 g/mol. The summed E-state index contributed by atoms with van der Waals surface area (Å²) >= 11 is 0. The van der Waals surface area contributed by atoms with Gasteiger partial charge in [0.25, 0.3) is 5.08 Å². The highest BCUT2D eigenvalue weighted by Gasteiger charge is 2.63. The van der Waals surface area contributed by atoms with E-state index in [1.54, 1.807) is 6.07 Å². The summed E-state index contributed by atoms with van der Waals surface area (Å²) in [6.07, 6.45) is 0. The number of hydrogen-bond acceptors (Lipinski definition) is 5. The van der Waals surface area contributed by atoms with Crippen LogP contribution in [0.3, 0.4) is 0 Å². The summed E-state index contributed by atoms with van der Waals surface area (Å²) in [7, 11) is -9.74. The van der Waals surface area contributed by atoms with Crippen molar-refractivity contribution in [1.29, 1.82) is 0 Å². The average molecular weight is 324 g/mol. The third-order valence-corrected chi connectivity index (χ3v) is 7.38. The van der Waals surface area contributed by atoms with Crippen LogP contribution in [0.5, 0.6) is 0 Å². The zero-order valence-corrected chi connectivity index (χ0v) is 13.0. The van der Waals surface area contributed by atoms with Crippen molar-refractivity contribution in [2.24, 2.45) is 0 Å². The van der Waals surface area contributed by atoms with Crippen LogP contribution in [0.15, 0.2) is 30.3 Å². The lowest BCUT2D eigenvalue weighted by Gasteiger charge is -2.34. The molecular weight excluding hydrogens is 306 g/mol. The third kappa shape index (κ3) is 3.05. The molecule has 1 aromatic carbocycles. The molecule has 0 aliphatic heterocycles. The second kappa shape index (κ2) is 6.50. The minimum absolute atomic E-state index is 0.213. The van der Waals surface area contributed by atoms with Gasteiger partial charge >= 0.3 is 15.2 Å². The van der Waals surface area contributed by atoms with Crippen molar-refractivity contribution in [2.45, 2.75) is 18.9 Å². The fourth-order valence-corrected chi connectivity index (χ4v) is 5.31. The van der Waals surface area contributed by atoms with Crippen molar-refractivity contribution in [3.8, 4) is 0 Å². The first-order valence-corrected chi connectivity index (χ1v) is 9.11. The molecule has 0 fully saturated rings. The van der Waals surface area contributed by atoms with Gasteiger partial charge in [0, 0.05) is 5.56 Å². The molecule has 0 saturated carbocycles. The summed E-state index contributed by atoms with van der Waals surface area (Å²) in [5.41, 5.74) is -0.224. The van der Waals surface area contributed by atoms with Gasteiger partial charge in [0.2, 0.25) is 0 Å². The van der Waals surface area contributed by atoms with E-state index in [9.17, 15) is 24.0 Å². The Morgan fingerprint density at radius 2 is 1.40 bits per heavy atom. The van der Waals surface area contributed by atoms with Gasteiger partial charge in [0.15, 0.2) is 0 Å². The molecule has 2 atom stereocenters. The van der Waals surface area contributed by atoms with E-state index in [0.717, 1.165) is 0 Å². The minimum atomic E-state index is -4.87. The smallest absolute Gasteiger partial charge is 0.364 e. The van der Waals surface area contributed by atoms with Gasteiger partial charge in [-0.3, -0.25) is 9.13 Å². The molecular formula is C11H18O7P2. The second-order valence-electron chi connectivity index (χ2n) is 3.88. The Morgan fingerprint density at radius 3 is 1.75 bits per heavy atom. The van der Waals surface area contributed by atoms with Crippen LogP contribution in [0.2, 0.25) is 0 Å². The lowest BCUT2D eigenvalue weighted by atomic mass is 10.2. The molecule has 3 N–H and O–H groups in total. The lowest BCUT2D eigenvalue weighted by molar-refractivity contribution is 0.105. The van der Waals surface area contributed by atoms with Gasteiger partial charge in [-0.05, 0) is 13.8 Å². The van der Waals surface area contributed by atoms with Crippen molar-refractivity contribution in [2.75, 3.05) is 13.2 Å². The van der Waals surface area contributed by atoms with E-state index in [2.05, 4.69) is 9.05 Å². The molecule has 0 aliphatic carbocycles.